The van der Waals surface area contributed by atoms with E-state index in [1.54, 1.807) is 16.7 Å². The number of aromatic nitrogens is 2. The van der Waals surface area contributed by atoms with Crippen LogP contribution in [0.2, 0.25) is 5.02 Å². The molecule has 1 aromatic heterocycles. The molecule has 0 fully saturated rings. The van der Waals surface area contributed by atoms with E-state index < -0.39 is 0 Å². The van der Waals surface area contributed by atoms with Crippen LogP contribution in [0, 0.1) is 0 Å². The molecule has 0 saturated heterocycles. The predicted molar refractivity (Wildman–Crippen MR) is 110 cm³/mol. The summed E-state index contributed by atoms with van der Waals surface area (Å²) in [6, 6.07) is 14.9. The maximum absolute atomic E-state index is 12.8. The molecule has 0 spiro atoms. The molecule has 4 nitrogen and oxygen atoms in total. The zero-order chi connectivity index (χ0) is 19.2. The summed E-state index contributed by atoms with van der Waals surface area (Å²) < 4.78 is 3.67. The van der Waals surface area contributed by atoms with Crippen molar-refractivity contribution in [3.8, 4) is 5.75 Å². The number of aryl methyl sites for hydroxylation is 2. The zero-order valence-electron chi connectivity index (χ0n) is 15.6. The smallest absolute Gasteiger partial charge is 0.328 e. The standard InChI is InChI=1S/C22H25ClN2O2/c1-2-13-25-20(8-4-5-17-9-11-21(26)12-10-17)16-24(22(25)27)15-18-6-3-7-19(23)14-18/h3,6-7,9-12,14,16,26H,2,4-5,8,13,15H2,1H3. The molecule has 3 rings (SSSR count). The van der Waals surface area contributed by atoms with E-state index in [2.05, 4.69) is 6.92 Å². The summed E-state index contributed by atoms with van der Waals surface area (Å²) >= 11 is 6.07. The number of rotatable bonds is 8. The first-order chi connectivity index (χ1) is 13.1. The molecule has 2 aromatic carbocycles. The van der Waals surface area contributed by atoms with Crippen LogP contribution < -0.4 is 5.69 Å². The van der Waals surface area contributed by atoms with E-state index >= 15 is 0 Å². The topological polar surface area (TPSA) is 47.2 Å². The van der Waals surface area contributed by atoms with Crippen molar-refractivity contribution in [3.05, 3.63) is 87.1 Å². The van der Waals surface area contributed by atoms with E-state index in [0.717, 1.165) is 43.5 Å². The van der Waals surface area contributed by atoms with E-state index in [-0.39, 0.29) is 11.4 Å². The lowest BCUT2D eigenvalue weighted by Crippen LogP contribution is -2.25. The highest BCUT2D eigenvalue weighted by Crippen LogP contribution is 2.14. The van der Waals surface area contributed by atoms with Crippen LogP contribution in [0.1, 0.15) is 36.6 Å². The number of hydrogen-bond acceptors (Lipinski definition) is 2. The highest BCUT2D eigenvalue weighted by molar-refractivity contribution is 6.30. The minimum atomic E-state index is 0.0384. The molecular weight excluding hydrogens is 360 g/mol. The zero-order valence-corrected chi connectivity index (χ0v) is 16.3. The average molecular weight is 385 g/mol. The van der Waals surface area contributed by atoms with E-state index in [1.807, 2.05) is 47.2 Å². The molecule has 0 aliphatic heterocycles. The van der Waals surface area contributed by atoms with Gasteiger partial charge in [0.15, 0.2) is 0 Å². The minimum Gasteiger partial charge on any atom is -0.508 e. The van der Waals surface area contributed by atoms with Crippen molar-refractivity contribution in [1.29, 1.82) is 0 Å². The van der Waals surface area contributed by atoms with Crippen molar-refractivity contribution in [3.63, 3.8) is 0 Å². The number of imidazole rings is 1. The molecule has 0 amide bonds. The largest absolute Gasteiger partial charge is 0.508 e. The first kappa shape index (κ1) is 19.3. The molecule has 0 saturated carbocycles. The Labute approximate surface area is 164 Å². The predicted octanol–water partition coefficient (Wildman–Crippen LogP) is 4.64. The number of nitrogens with zero attached hydrogens (tertiary/aromatic N) is 2. The molecule has 0 atom stereocenters. The van der Waals surface area contributed by atoms with Crippen LogP contribution in [0.25, 0.3) is 0 Å². The fourth-order valence-corrected chi connectivity index (χ4v) is 3.54. The molecule has 0 aliphatic carbocycles. The molecule has 0 bridgehead atoms. The average Bonchev–Trinajstić information content (AvgIpc) is 2.93. The van der Waals surface area contributed by atoms with Crippen LogP contribution in [0.4, 0.5) is 0 Å². The first-order valence-electron chi connectivity index (χ1n) is 9.38. The first-order valence-corrected chi connectivity index (χ1v) is 9.76. The van der Waals surface area contributed by atoms with E-state index in [0.29, 0.717) is 11.6 Å². The van der Waals surface area contributed by atoms with E-state index in [4.69, 9.17) is 11.6 Å². The fourth-order valence-electron chi connectivity index (χ4n) is 3.33. The van der Waals surface area contributed by atoms with Gasteiger partial charge in [-0.05, 0) is 61.1 Å². The van der Waals surface area contributed by atoms with Gasteiger partial charge in [0.25, 0.3) is 0 Å². The van der Waals surface area contributed by atoms with Crippen LogP contribution in [-0.2, 0) is 25.9 Å². The van der Waals surface area contributed by atoms with Gasteiger partial charge in [0.05, 0.1) is 6.54 Å². The minimum absolute atomic E-state index is 0.0384. The summed E-state index contributed by atoms with van der Waals surface area (Å²) in [4.78, 5) is 12.8. The van der Waals surface area contributed by atoms with Gasteiger partial charge in [-0.2, -0.15) is 0 Å². The van der Waals surface area contributed by atoms with Crippen LogP contribution in [0.3, 0.4) is 0 Å². The monoisotopic (exact) mass is 384 g/mol. The number of hydrogen-bond donors (Lipinski definition) is 1. The van der Waals surface area contributed by atoms with Crippen molar-refractivity contribution in [2.75, 3.05) is 0 Å². The lowest BCUT2D eigenvalue weighted by atomic mass is 10.1. The Morgan fingerprint density at radius 3 is 2.52 bits per heavy atom. The number of benzene rings is 2. The van der Waals surface area contributed by atoms with Gasteiger partial charge in [-0.15, -0.1) is 0 Å². The fraction of sp³-hybridized carbons (Fsp3) is 0.318. The molecule has 0 radical (unpaired) electrons. The van der Waals surface area contributed by atoms with Crippen LogP contribution >= 0.6 is 11.6 Å². The van der Waals surface area contributed by atoms with E-state index in [9.17, 15) is 9.90 Å². The molecule has 3 aromatic rings. The maximum Gasteiger partial charge on any atom is 0.328 e. The second-order valence-corrected chi connectivity index (χ2v) is 7.27. The lowest BCUT2D eigenvalue weighted by Gasteiger charge is -2.06. The Bertz CT molecular complexity index is 942. The second kappa shape index (κ2) is 8.96. The molecule has 1 heterocycles. The third kappa shape index (κ3) is 5.04. The van der Waals surface area contributed by atoms with Gasteiger partial charge >= 0.3 is 5.69 Å². The van der Waals surface area contributed by atoms with Gasteiger partial charge in [0, 0.05) is 23.5 Å². The molecule has 142 valence electrons. The third-order valence-electron chi connectivity index (χ3n) is 4.65. The van der Waals surface area contributed by atoms with Crippen molar-refractivity contribution < 1.29 is 5.11 Å². The number of aromatic hydroxyl groups is 1. The Balaban J connectivity index is 1.73. The number of phenols is 1. The lowest BCUT2D eigenvalue weighted by molar-refractivity contribution is 0.475. The van der Waals surface area contributed by atoms with Crippen LogP contribution in [-0.4, -0.2) is 14.2 Å². The SMILES string of the molecule is CCCn1c(CCCc2ccc(O)cc2)cn(Cc2cccc(Cl)c2)c1=O. The van der Waals surface area contributed by atoms with Gasteiger partial charge in [-0.3, -0.25) is 9.13 Å². The quantitative estimate of drug-likeness (QED) is 0.614. The summed E-state index contributed by atoms with van der Waals surface area (Å²) in [5.41, 5.74) is 3.32. The molecule has 5 heteroatoms. The Morgan fingerprint density at radius 2 is 1.81 bits per heavy atom. The normalized spacial score (nSPS) is 11.0. The summed E-state index contributed by atoms with van der Waals surface area (Å²) in [5, 5.41) is 10.1. The number of halogens is 1. The third-order valence-corrected chi connectivity index (χ3v) is 4.89. The van der Waals surface area contributed by atoms with Gasteiger partial charge < -0.3 is 5.11 Å². The second-order valence-electron chi connectivity index (χ2n) is 6.83. The Morgan fingerprint density at radius 1 is 1.04 bits per heavy atom. The molecular formula is C22H25ClN2O2. The molecule has 27 heavy (non-hydrogen) atoms. The summed E-state index contributed by atoms with van der Waals surface area (Å²) in [6.07, 6.45) is 5.62. The summed E-state index contributed by atoms with van der Waals surface area (Å²) in [6.45, 7) is 3.35. The van der Waals surface area contributed by atoms with Gasteiger partial charge in [-0.25, -0.2) is 4.79 Å². The highest BCUT2D eigenvalue weighted by atomic mass is 35.5. The van der Waals surface area contributed by atoms with E-state index in [1.165, 1.54) is 5.56 Å². The Hall–Kier alpha value is -2.46. The van der Waals surface area contributed by atoms with Crippen molar-refractivity contribution in [1.82, 2.24) is 9.13 Å². The van der Waals surface area contributed by atoms with Gasteiger partial charge in [0.1, 0.15) is 5.75 Å². The van der Waals surface area contributed by atoms with Gasteiger partial charge in [0.2, 0.25) is 0 Å². The maximum atomic E-state index is 12.8. The summed E-state index contributed by atoms with van der Waals surface area (Å²) in [5.74, 6) is 0.286. The molecule has 1 N–H and O–H groups in total. The Kier molecular flexibility index (Phi) is 6.40. The molecule has 0 aliphatic rings. The summed E-state index contributed by atoms with van der Waals surface area (Å²) in [7, 11) is 0. The van der Waals surface area contributed by atoms with Crippen molar-refractivity contribution in [2.45, 2.75) is 45.7 Å². The number of phenolic OH excluding ortho intramolecular Hbond substituents is 1. The van der Waals surface area contributed by atoms with Crippen molar-refractivity contribution >= 4 is 11.6 Å². The van der Waals surface area contributed by atoms with Gasteiger partial charge in [-0.1, -0.05) is 42.8 Å². The highest BCUT2D eigenvalue weighted by Gasteiger charge is 2.11. The van der Waals surface area contributed by atoms with Crippen LogP contribution in [0.15, 0.2) is 59.5 Å². The van der Waals surface area contributed by atoms with Crippen molar-refractivity contribution in [2.24, 2.45) is 0 Å². The van der Waals surface area contributed by atoms with Crippen LogP contribution in [0.5, 0.6) is 5.75 Å². The molecule has 0 unspecified atom stereocenters.